The largest absolute Gasteiger partial charge is 0.504 e. The van der Waals surface area contributed by atoms with E-state index in [2.05, 4.69) is 94.5 Å². The van der Waals surface area contributed by atoms with Crippen LogP contribution in [-0.4, -0.2) is 106 Å². The van der Waals surface area contributed by atoms with Gasteiger partial charge in [0.1, 0.15) is 11.2 Å². The van der Waals surface area contributed by atoms with Crippen LogP contribution in [0.3, 0.4) is 0 Å². The van der Waals surface area contributed by atoms with Crippen molar-refractivity contribution >= 4 is 28.4 Å². The number of benzene rings is 3. The molecule has 1 aromatic heterocycles. The van der Waals surface area contributed by atoms with E-state index < -0.39 is 29.6 Å². The molecule has 17 unspecified atom stereocenters. The normalized spacial score (nSPS) is 33.9. The highest BCUT2D eigenvalue weighted by molar-refractivity contribution is 5.90. The number of aromatic amines is 1. The number of hydrogen-bond acceptors (Lipinski definition) is 12. The predicted octanol–water partition coefficient (Wildman–Crippen LogP) is 6.81. The molecule has 13 heteroatoms. The average Bonchev–Trinajstić information content (AvgIpc) is 4.17. The van der Waals surface area contributed by atoms with Gasteiger partial charge in [0, 0.05) is 73.5 Å². The van der Waals surface area contributed by atoms with E-state index in [-0.39, 0.29) is 96.5 Å². The van der Waals surface area contributed by atoms with Crippen molar-refractivity contribution in [1.29, 1.82) is 0 Å². The number of rotatable bonds is 15. The fourth-order valence-corrected chi connectivity index (χ4v) is 17.0. The first kappa shape index (κ1) is 52.0. The maximum Gasteiger partial charge on any atom is 0.160 e. The van der Waals surface area contributed by atoms with Crippen LogP contribution in [0.5, 0.6) is 11.5 Å². The van der Waals surface area contributed by atoms with Gasteiger partial charge in [0.05, 0.1) is 31.2 Å². The van der Waals surface area contributed by atoms with Gasteiger partial charge in [0.15, 0.2) is 17.3 Å². The fraction of sp³-hybridized carbons (Fsp3) is 0.531. The van der Waals surface area contributed by atoms with E-state index in [9.17, 15) is 30.3 Å². The van der Waals surface area contributed by atoms with E-state index in [0.717, 1.165) is 53.5 Å². The number of aliphatic hydroxyl groups is 4. The Morgan fingerprint density at radius 3 is 2.64 bits per heavy atom. The summed E-state index contributed by atoms with van der Waals surface area (Å²) < 4.78 is 5.58. The third-order valence-corrected chi connectivity index (χ3v) is 20.4. The number of nitrogens with two attached hydrogens (primary N) is 1. The molecule has 12 rings (SSSR count). The van der Waals surface area contributed by atoms with Gasteiger partial charge in [-0.2, -0.15) is 0 Å². The number of nitrogens with one attached hydrogen (secondary N) is 4. The first-order valence-corrected chi connectivity index (χ1v) is 28.8. The number of hydrogen-bond donors (Lipinski definition) is 10. The van der Waals surface area contributed by atoms with Crippen LogP contribution in [0.1, 0.15) is 122 Å². The van der Waals surface area contributed by atoms with E-state index in [1.54, 1.807) is 12.1 Å². The minimum absolute atomic E-state index is 0.00744. The Morgan fingerprint density at radius 2 is 1.84 bits per heavy atom. The zero-order valence-corrected chi connectivity index (χ0v) is 44.5. The number of Topliss-reactive ketones (excluding diaryl/α,β-unsaturated/α-hetero) is 2. The molecule has 13 nitrogen and oxygen atoms in total. The highest BCUT2D eigenvalue weighted by Crippen LogP contribution is 2.67. The molecule has 0 radical (unpaired) electrons. The summed E-state index contributed by atoms with van der Waals surface area (Å²) in [5, 5.41) is 72.1. The number of allylic oxidation sites excluding steroid dienone is 3. The number of piperidine rings is 1. The van der Waals surface area contributed by atoms with Crippen molar-refractivity contribution in [3.05, 3.63) is 124 Å². The molecule has 0 amide bonds. The van der Waals surface area contributed by atoms with E-state index >= 15 is 4.79 Å². The lowest BCUT2D eigenvalue weighted by Gasteiger charge is -2.65. The molecule has 1 saturated heterocycles. The van der Waals surface area contributed by atoms with Crippen molar-refractivity contribution < 1.29 is 39.9 Å². The van der Waals surface area contributed by atoms with E-state index in [4.69, 9.17) is 10.5 Å². The molecule has 77 heavy (non-hydrogen) atoms. The summed E-state index contributed by atoms with van der Waals surface area (Å²) in [6.45, 7) is 5.22. The van der Waals surface area contributed by atoms with Gasteiger partial charge in [-0.3, -0.25) is 9.59 Å². The molecule has 4 aromatic rings. The van der Waals surface area contributed by atoms with Gasteiger partial charge in [0.2, 0.25) is 0 Å². The molecule has 4 fully saturated rings. The second kappa shape index (κ2) is 21.2. The summed E-state index contributed by atoms with van der Waals surface area (Å²) >= 11 is 0. The van der Waals surface area contributed by atoms with Crippen molar-refractivity contribution in [1.82, 2.24) is 20.9 Å². The predicted molar refractivity (Wildman–Crippen MR) is 297 cm³/mol. The average molecular weight is 1040 g/mol. The SMILES string of the molecule is CCNCC1C2c3[nH]cc4c3C3C(C=C4)C(=O)CC4NCC(C(CCCO)C1C1CCC5(C#CC(CC(O)C(O)CC(C6=CCNC(N)=C6)c6ccc7ccccc7c6)c6cc(O)c(OC)cc6CCC5=O)C(O)C1)C2C43. The van der Waals surface area contributed by atoms with Crippen LogP contribution in [0.2, 0.25) is 0 Å². The summed E-state index contributed by atoms with van der Waals surface area (Å²) in [6.07, 6.45) is 11.1. The zero-order valence-electron chi connectivity index (χ0n) is 44.5. The molecule has 3 aromatic carbocycles. The quantitative estimate of drug-likeness (QED) is 0.0555. The first-order chi connectivity index (χ1) is 37.4. The van der Waals surface area contributed by atoms with Crippen LogP contribution < -0.4 is 26.4 Å². The maximum atomic E-state index is 15.1. The molecular formula is C64H77N5O8. The third kappa shape index (κ3) is 9.05. The molecular weight excluding hydrogens is 967 g/mol. The van der Waals surface area contributed by atoms with Gasteiger partial charge < -0.3 is 56.9 Å². The fourth-order valence-electron chi connectivity index (χ4n) is 17.0. The third-order valence-electron chi connectivity index (χ3n) is 20.4. The number of ether oxygens (including phenoxy) is 1. The van der Waals surface area contributed by atoms with Crippen LogP contribution in [0.4, 0.5) is 0 Å². The highest BCUT2D eigenvalue weighted by Gasteiger charge is 2.65. The number of carbonyl (C=O) groups excluding carboxylic acids is 2. The molecule has 1 spiro atoms. The standard InChI is InChI=1S/C64H77N5O8/c1-3-66-32-47-57(42(9-6-22-70)46-33-68-48-30-49(71)43-14-12-41-31-69-63-58(41)59(43)62(48)60(46)61(47)63)40-17-20-64(55(76)26-40)19-16-38(45-29-52(74)53(77-2)25-37(45)13-15-54(64)75)24-50(72)51(73)28-44(39-18-21-67-56(65)27-39)36-11-10-34-7-4-5-8-35(34)23-36/h4-5,7-8,10-12,14,18,23,25,27,29,31,38,40,42-44,46-48,50-51,55,57,59-62,66-70,72-74,76H,3,6,9,13,15,17,20-22,24,26,28,30,32-33,65H2,1-2H3. The molecule has 0 bridgehead atoms. The van der Waals surface area contributed by atoms with Gasteiger partial charge in [-0.05, 0) is 175 Å². The van der Waals surface area contributed by atoms with Crippen molar-refractivity contribution in [2.75, 3.05) is 39.9 Å². The molecule has 3 heterocycles. The Kier molecular flexibility index (Phi) is 14.3. The van der Waals surface area contributed by atoms with Crippen LogP contribution in [0.15, 0.2) is 90.4 Å². The molecule has 2 aliphatic heterocycles. The number of aromatic nitrogens is 1. The second-order valence-electron chi connectivity index (χ2n) is 24.0. The highest BCUT2D eigenvalue weighted by atomic mass is 16.5. The molecule has 6 aliphatic carbocycles. The summed E-state index contributed by atoms with van der Waals surface area (Å²) in [6, 6.07) is 17.9. The Labute approximate surface area is 452 Å². The number of fused-ring (bicyclic) bond motifs is 3. The van der Waals surface area contributed by atoms with Gasteiger partial charge >= 0.3 is 0 Å². The number of aryl methyl sites for hydroxylation is 1. The summed E-state index contributed by atoms with van der Waals surface area (Å²) in [5.74, 6) is 8.73. The summed E-state index contributed by atoms with van der Waals surface area (Å²) in [7, 11) is 1.49. The lowest BCUT2D eigenvalue weighted by molar-refractivity contribution is -0.142. The summed E-state index contributed by atoms with van der Waals surface area (Å²) in [5.41, 5.74) is 12.1. The molecule has 406 valence electrons. The Balaban J connectivity index is 0.869. The number of H-pyrrole nitrogens is 1. The van der Waals surface area contributed by atoms with E-state index in [1.807, 2.05) is 18.2 Å². The lowest BCUT2D eigenvalue weighted by atomic mass is 9.41. The minimum atomic E-state index is -1.37. The Morgan fingerprint density at radius 1 is 1.00 bits per heavy atom. The molecule has 17 atom stereocenters. The van der Waals surface area contributed by atoms with Crippen LogP contribution in [0.25, 0.3) is 16.8 Å². The van der Waals surface area contributed by atoms with Crippen LogP contribution in [-0.2, 0) is 16.0 Å². The van der Waals surface area contributed by atoms with Gasteiger partial charge in [-0.15, -0.1) is 0 Å². The first-order valence-electron chi connectivity index (χ1n) is 28.8. The van der Waals surface area contributed by atoms with Gasteiger partial charge in [0.25, 0.3) is 0 Å². The zero-order chi connectivity index (χ0) is 53.3. The smallest absolute Gasteiger partial charge is 0.160 e. The molecule has 8 aliphatic rings. The number of methoxy groups -OCH3 is 1. The Bertz CT molecular complexity index is 3080. The number of phenolic OH excluding ortho intramolecular Hbond substituents is 1. The topological polar surface area (TPSA) is 222 Å². The second-order valence-corrected chi connectivity index (χ2v) is 24.0. The van der Waals surface area contributed by atoms with Crippen LogP contribution in [0, 0.1) is 64.6 Å². The van der Waals surface area contributed by atoms with E-state index in [0.29, 0.717) is 80.0 Å². The summed E-state index contributed by atoms with van der Waals surface area (Å²) in [4.78, 5) is 32.7. The number of carbonyl (C=O) groups is 2. The number of aliphatic hydroxyl groups excluding tert-OH is 4. The minimum Gasteiger partial charge on any atom is -0.504 e. The molecule has 3 saturated carbocycles. The van der Waals surface area contributed by atoms with Crippen molar-refractivity contribution in [2.45, 2.75) is 119 Å². The Hall–Kier alpha value is -5.72. The number of phenols is 1. The molecule has 11 N–H and O–H groups in total. The van der Waals surface area contributed by atoms with Crippen molar-refractivity contribution in [3.8, 4) is 23.3 Å². The lowest BCUT2D eigenvalue weighted by Crippen LogP contribution is -2.66. The van der Waals surface area contributed by atoms with E-state index in [1.165, 1.54) is 23.9 Å². The van der Waals surface area contributed by atoms with Crippen molar-refractivity contribution in [3.63, 3.8) is 0 Å². The number of dihydropyridines is 1. The van der Waals surface area contributed by atoms with Gasteiger partial charge in [-0.1, -0.05) is 79.5 Å². The number of ketones is 2. The van der Waals surface area contributed by atoms with Gasteiger partial charge in [-0.25, -0.2) is 0 Å². The maximum absolute atomic E-state index is 15.1. The monoisotopic (exact) mass is 1040 g/mol. The number of aromatic hydroxyl groups is 1. The van der Waals surface area contributed by atoms with Crippen LogP contribution >= 0.6 is 0 Å². The van der Waals surface area contributed by atoms with Crippen molar-refractivity contribution in [2.24, 2.45) is 58.5 Å².